The van der Waals surface area contributed by atoms with Crippen molar-refractivity contribution in [2.45, 2.75) is 31.3 Å². The zero-order valence-electron chi connectivity index (χ0n) is 13.5. The van der Waals surface area contributed by atoms with Crippen LogP contribution >= 0.6 is 0 Å². The Morgan fingerprint density at radius 1 is 1.33 bits per heavy atom. The molecule has 0 unspecified atom stereocenters. The Kier molecular flexibility index (Phi) is 4.52. The lowest BCUT2D eigenvalue weighted by Crippen LogP contribution is -2.60. The molecule has 9 heteroatoms. The zero-order chi connectivity index (χ0) is 17.3. The first-order chi connectivity index (χ1) is 11.5. The van der Waals surface area contributed by atoms with Gasteiger partial charge in [-0.3, -0.25) is 19.0 Å². The number of carbonyl (C=O) groups is 2. The number of hydrogen-bond acceptors (Lipinski definition) is 5. The lowest BCUT2D eigenvalue weighted by Gasteiger charge is -2.35. The third-order valence-electron chi connectivity index (χ3n) is 4.39. The molecule has 1 saturated heterocycles. The van der Waals surface area contributed by atoms with Crippen LogP contribution in [-0.2, 0) is 23.1 Å². The van der Waals surface area contributed by atoms with Crippen LogP contribution in [0.3, 0.4) is 0 Å². The van der Waals surface area contributed by atoms with Gasteiger partial charge in [0.15, 0.2) is 0 Å². The summed E-state index contributed by atoms with van der Waals surface area (Å²) in [6.07, 6.45) is 3.08. The van der Waals surface area contributed by atoms with Crippen molar-refractivity contribution in [3.63, 3.8) is 0 Å². The third kappa shape index (κ3) is 3.40. The molecular formula is C15H21N5O4. The van der Waals surface area contributed by atoms with E-state index in [0.29, 0.717) is 19.6 Å². The quantitative estimate of drug-likeness (QED) is 0.572. The first kappa shape index (κ1) is 16.4. The van der Waals surface area contributed by atoms with Gasteiger partial charge in [-0.1, -0.05) is 0 Å². The van der Waals surface area contributed by atoms with E-state index < -0.39 is 17.3 Å². The molecule has 0 aromatic carbocycles. The Hall–Kier alpha value is -2.42. The summed E-state index contributed by atoms with van der Waals surface area (Å²) >= 11 is 0. The summed E-state index contributed by atoms with van der Waals surface area (Å²) < 4.78 is 0.928. The maximum absolute atomic E-state index is 12.6. The molecule has 3 N–H and O–H groups in total. The van der Waals surface area contributed by atoms with Crippen molar-refractivity contribution in [1.29, 1.82) is 0 Å². The Morgan fingerprint density at radius 2 is 2.08 bits per heavy atom. The van der Waals surface area contributed by atoms with Gasteiger partial charge in [-0.2, -0.15) is 0 Å². The van der Waals surface area contributed by atoms with Gasteiger partial charge in [0.2, 0.25) is 11.8 Å². The largest absolute Gasteiger partial charge is 0.352 e. The van der Waals surface area contributed by atoms with Crippen LogP contribution in [0.15, 0.2) is 15.8 Å². The number of amides is 2. The number of rotatable bonds is 4. The van der Waals surface area contributed by atoms with Crippen molar-refractivity contribution in [3.05, 3.63) is 32.6 Å². The van der Waals surface area contributed by atoms with Crippen LogP contribution in [0, 0.1) is 0 Å². The monoisotopic (exact) mass is 335 g/mol. The molecule has 2 fully saturated rings. The average Bonchev–Trinajstić information content (AvgIpc) is 3.39. The molecule has 1 aromatic rings. The van der Waals surface area contributed by atoms with E-state index in [1.165, 1.54) is 18.1 Å². The van der Waals surface area contributed by atoms with E-state index in [-0.39, 0.29) is 29.8 Å². The van der Waals surface area contributed by atoms with Gasteiger partial charge in [-0.15, -0.1) is 0 Å². The second kappa shape index (κ2) is 6.60. The summed E-state index contributed by atoms with van der Waals surface area (Å²) in [7, 11) is 1.35. The average molecular weight is 335 g/mol. The number of nitrogens with one attached hydrogen (secondary N) is 3. The number of carbonyl (C=O) groups excluding carboxylic acids is 2. The van der Waals surface area contributed by atoms with E-state index in [9.17, 15) is 19.2 Å². The van der Waals surface area contributed by atoms with Gasteiger partial charge in [0.05, 0.1) is 6.42 Å². The summed E-state index contributed by atoms with van der Waals surface area (Å²) in [4.78, 5) is 52.3. The van der Waals surface area contributed by atoms with E-state index in [2.05, 4.69) is 15.6 Å². The second-order valence-corrected chi connectivity index (χ2v) is 6.25. The molecule has 1 aliphatic carbocycles. The number of H-pyrrole nitrogens is 1. The fourth-order valence-electron chi connectivity index (χ4n) is 2.77. The van der Waals surface area contributed by atoms with Crippen LogP contribution in [0.4, 0.5) is 0 Å². The van der Waals surface area contributed by atoms with E-state index in [0.717, 1.165) is 17.4 Å². The first-order valence-corrected chi connectivity index (χ1v) is 8.05. The Morgan fingerprint density at radius 3 is 2.79 bits per heavy atom. The van der Waals surface area contributed by atoms with E-state index >= 15 is 0 Å². The smallest absolute Gasteiger partial charge is 0.328 e. The van der Waals surface area contributed by atoms with Crippen molar-refractivity contribution >= 4 is 11.8 Å². The van der Waals surface area contributed by atoms with Crippen molar-refractivity contribution in [2.75, 3.05) is 19.6 Å². The third-order valence-corrected chi connectivity index (χ3v) is 4.39. The van der Waals surface area contributed by atoms with Gasteiger partial charge >= 0.3 is 5.69 Å². The second-order valence-electron chi connectivity index (χ2n) is 6.25. The van der Waals surface area contributed by atoms with Crippen molar-refractivity contribution in [1.82, 2.24) is 25.1 Å². The highest BCUT2D eigenvalue weighted by Crippen LogP contribution is 2.19. The highest BCUT2D eigenvalue weighted by atomic mass is 16.2. The van der Waals surface area contributed by atoms with E-state index in [1.54, 1.807) is 0 Å². The number of aromatic amines is 1. The van der Waals surface area contributed by atoms with Crippen LogP contribution in [0.2, 0.25) is 0 Å². The molecule has 2 amide bonds. The van der Waals surface area contributed by atoms with Gasteiger partial charge < -0.3 is 20.5 Å². The van der Waals surface area contributed by atoms with Crippen LogP contribution in [0.5, 0.6) is 0 Å². The van der Waals surface area contributed by atoms with Crippen LogP contribution in [0.25, 0.3) is 0 Å². The molecule has 9 nitrogen and oxygen atoms in total. The predicted octanol–water partition coefficient (Wildman–Crippen LogP) is -2.30. The summed E-state index contributed by atoms with van der Waals surface area (Å²) in [5.74, 6) is -0.455. The molecule has 2 aliphatic rings. The molecule has 24 heavy (non-hydrogen) atoms. The number of hydrogen-bond donors (Lipinski definition) is 3. The van der Waals surface area contributed by atoms with Gasteiger partial charge in [-0.05, 0) is 12.8 Å². The predicted molar refractivity (Wildman–Crippen MR) is 85.5 cm³/mol. The molecule has 1 aliphatic heterocycles. The highest BCUT2D eigenvalue weighted by Gasteiger charge is 2.35. The summed E-state index contributed by atoms with van der Waals surface area (Å²) in [5.41, 5.74) is -0.816. The molecule has 0 radical (unpaired) electrons. The molecule has 1 atom stereocenters. The number of piperazine rings is 1. The van der Waals surface area contributed by atoms with E-state index in [1.807, 2.05) is 0 Å². The van der Waals surface area contributed by atoms with Gasteiger partial charge in [0.25, 0.3) is 5.56 Å². The van der Waals surface area contributed by atoms with Crippen molar-refractivity contribution in [2.24, 2.45) is 7.05 Å². The standard InChI is InChI=1S/C15H21N5O4/c1-19-14(23)9(7-17-15(19)24)6-12(21)20-5-4-16-8-11(20)13(22)18-10-2-3-10/h7,10-11,16H,2-6,8H2,1H3,(H,17,24)(H,18,22)/t11-/m0/s1. The van der Waals surface area contributed by atoms with Crippen molar-refractivity contribution in [3.8, 4) is 0 Å². The molecule has 0 bridgehead atoms. The molecule has 2 heterocycles. The normalized spacial score (nSPS) is 20.7. The summed E-state index contributed by atoms with van der Waals surface area (Å²) in [5, 5.41) is 6.03. The summed E-state index contributed by atoms with van der Waals surface area (Å²) in [6, 6.07) is -0.346. The molecule has 0 spiro atoms. The molecule has 1 saturated carbocycles. The maximum atomic E-state index is 12.6. The van der Waals surface area contributed by atoms with Crippen LogP contribution in [0.1, 0.15) is 18.4 Å². The highest BCUT2D eigenvalue weighted by molar-refractivity contribution is 5.89. The maximum Gasteiger partial charge on any atom is 0.328 e. The minimum Gasteiger partial charge on any atom is -0.352 e. The number of aromatic nitrogens is 2. The Labute approximate surface area is 138 Å². The van der Waals surface area contributed by atoms with Crippen LogP contribution in [-0.4, -0.2) is 58.0 Å². The topological polar surface area (TPSA) is 116 Å². The molecule has 1 aromatic heterocycles. The van der Waals surface area contributed by atoms with Gasteiger partial charge in [0, 0.05) is 44.5 Å². The minimum absolute atomic E-state index is 0.142. The Balaban J connectivity index is 1.74. The lowest BCUT2D eigenvalue weighted by molar-refractivity contribution is -0.141. The van der Waals surface area contributed by atoms with E-state index in [4.69, 9.17) is 0 Å². The Bertz CT molecular complexity index is 764. The molecule has 3 rings (SSSR count). The van der Waals surface area contributed by atoms with Crippen LogP contribution < -0.4 is 21.9 Å². The van der Waals surface area contributed by atoms with Gasteiger partial charge in [0.1, 0.15) is 6.04 Å². The first-order valence-electron chi connectivity index (χ1n) is 8.05. The van der Waals surface area contributed by atoms with Gasteiger partial charge in [-0.25, -0.2) is 4.79 Å². The number of nitrogens with zero attached hydrogens (tertiary/aromatic N) is 2. The SMILES string of the molecule is Cn1c(=O)[nH]cc(CC(=O)N2CCNC[C@H]2C(=O)NC2CC2)c1=O. The summed E-state index contributed by atoms with van der Waals surface area (Å²) in [6.45, 7) is 1.40. The fourth-order valence-corrected chi connectivity index (χ4v) is 2.77. The zero-order valence-corrected chi connectivity index (χ0v) is 13.5. The van der Waals surface area contributed by atoms with Crippen molar-refractivity contribution < 1.29 is 9.59 Å². The fraction of sp³-hybridized carbons (Fsp3) is 0.600. The lowest BCUT2D eigenvalue weighted by atomic mass is 10.1. The molecular weight excluding hydrogens is 314 g/mol. The molecule has 130 valence electrons. The minimum atomic E-state index is -0.571.